The largest absolute Gasteiger partial charge is 0.495 e. The van der Waals surface area contributed by atoms with E-state index in [-0.39, 0.29) is 6.79 Å². The van der Waals surface area contributed by atoms with Crippen molar-refractivity contribution in [3.05, 3.63) is 41.7 Å². The van der Waals surface area contributed by atoms with Crippen LogP contribution >= 0.6 is 0 Å². The molecule has 2 aromatic carbocycles. The molecule has 0 N–H and O–H groups in total. The van der Waals surface area contributed by atoms with Crippen molar-refractivity contribution in [2.24, 2.45) is 0 Å². The first-order chi connectivity index (χ1) is 14.7. The highest BCUT2D eigenvalue weighted by Gasteiger charge is 2.45. The average Bonchev–Trinajstić information content (AvgIpc) is 3.44. The number of rotatable bonds is 5. The van der Waals surface area contributed by atoms with Gasteiger partial charge in [0.25, 0.3) is 0 Å². The average molecular weight is 414 g/mol. The second-order valence-electron chi connectivity index (χ2n) is 6.98. The number of fused-ring (bicyclic) bond motifs is 3. The van der Waals surface area contributed by atoms with Crippen LogP contribution in [0.2, 0.25) is 0 Å². The van der Waals surface area contributed by atoms with Crippen molar-refractivity contribution in [2.45, 2.75) is 18.3 Å². The minimum absolute atomic E-state index is 0.197. The molecule has 0 radical (unpaired) electrons. The summed E-state index contributed by atoms with van der Waals surface area (Å²) < 4.78 is 46.3. The quantitative estimate of drug-likeness (QED) is 0.620. The third kappa shape index (κ3) is 2.60. The van der Waals surface area contributed by atoms with Gasteiger partial charge in [-0.25, -0.2) is 0 Å². The molecule has 3 heterocycles. The van der Waals surface area contributed by atoms with Crippen LogP contribution in [0.15, 0.2) is 34.9 Å². The molecule has 0 saturated heterocycles. The zero-order valence-electron chi connectivity index (χ0n) is 17.1. The molecule has 0 saturated carbocycles. The molecule has 0 spiro atoms. The third-order valence-electron chi connectivity index (χ3n) is 5.60. The van der Waals surface area contributed by atoms with Crippen molar-refractivity contribution in [2.75, 3.05) is 35.2 Å². The van der Waals surface area contributed by atoms with Gasteiger partial charge in [-0.1, -0.05) is 6.07 Å². The highest BCUT2D eigenvalue weighted by Crippen LogP contribution is 2.56. The van der Waals surface area contributed by atoms with Crippen molar-refractivity contribution in [3.63, 3.8) is 0 Å². The summed E-state index contributed by atoms with van der Waals surface area (Å²) in [6, 6.07) is 7.51. The van der Waals surface area contributed by atoms with Gasteiger partial charge in [0.2, 0.25) is 12.5 Å². The predicted molar refractivity (Wildman–Crippen MR) is 106 cm³/mol. The Morgan fingerprint density at radius 3 is 2.43 bits per heavy atom. The molecule has 5 rings (SSSR count). The molecule has 0 amide bonds. The minimum Gasteiger partial charge on any atom is -0.495 e. The first-order valence-corrected chi connectivity index (χ1v) is 9.48. The van der Waals surface area contributed by atoms with E-state index >= 15 is 0 Å². The summed E-state index contributed by atoms with van der Waals surface area (Å²) >= 11 is 0. The molecule has 0 fully saturated rings. The van der Waals surface area contributed by atoms with Crippen LogP contribution in [0.4, 0.5) is 0 Å². The van der Waals surface area contributed by atoms with Crippen molar-refractivity contribution in [1.29, 1.82) is 0 Å². The number of benzene rings is 2. The first kappa shape index (κ1) is 18.9. The Bertz CT molecular complexity index is 1090. The predicted octanol–water partition coefficient (Wildman–Crippen LogP) is 4.01. The van der Waals surface area contributed by atoms with E-state index in [1.807, 2.05) is 24.3 Å². The van der Waals surface area contributed by atoms with Crippen LogP contribution in [0, 0.1) is 0 Å². The van der Waals surface area contributed by atoms with E-state index in [1.54, 1.807) is 34.7 Å². The Morgan fingerprint density at radius 2 is 1.70 bits per heavy atom. The molecule has 1 aromatic heterocycles. The van der Waals surface area contributed by atoms with Crippen LogP contribution in [0.3, 0.4) is 0 Å². The fourth-order valence-corrected chi connectivity index (χ4v) is 4.28. The van der Waals surface area contributed by atoms with Gasteiger partial charge in [-0.3, -0.25) is 0 Å². The third-order valence-corrected chi connectivity index (χ3v) is 5.60. The summed E-state index contributed by atoms with van der Waals surface area (Å²) in [7, 11) is 6.44. The van der Waals surface area contributed by atoms with E-state index in [0.29, 0.717) is 34.3 Å². The Balaban J connectivity index is 1.72. The fourth-order valence-electron chi connectivity index (χ4n) is 4.28. The summed E-state index contributed by atoms with van der Waals surface area (Å²) in [6.45, 7) is 0.197. The topological polar surface area (TPSA) is 77.8 Å². The highest BCUT2D eigenvalue weighted by atomic mass is 16.7. The molecule has 158 valence electrons. The number of methoxy groups -OCH3 is 4. The Morgan fingerprint density at radius 1 is 0.900 bits per heavy atom. The number of hydrogen-bond donors (Lipinski definition) is 0. The molecule has 0 unspecified atom stereocenters. The van der Waals surface area contributed by atoms with Gasteiger partial charge in [0.05, 0.1) is 31.4 Å². The molecule has 2 aliphatic rings. The van der Waals surface area contributed by atoms with E-state index in [2.05, 4.69) is 0 Å². The normalized spacial score (nSPS) is 21.9. The SMILES string of the molecule is COc1c2c(c(OC)c3occc13)O[C@@H](c1ccc3c(c1)OCO3)[C@H](OC)[C@H]2OC. The summed E-state index contributed by atoms with van der Waals surface area (Å²) in [5.74, 6) is 2.95. The lowest BCUT2D eigenvalue weighted by Crippen LogP contribution is -2.37. The van der Waals surface area contributed by atoms with Gasteiger partial charge in [-0.2, -0.15) is 0 Å². The Kier molecular flexibility index (Phi) is 4.60. The van der Waals surface area contributed by atoms with Crippen molar-refractivity contribution in [3.8, 4) is 28.7 Å². The van der Waals surface area contributed by atoms with Crippen LogP contribution in [0.1, 0.15) is 23.3 Å². The monoisotopic (exact) mass is 414 g/mol. The molecule has 8 nitrogen and oxygen atoms in total. The number of hydrogen-bond acceptors (Lipinski definition) is 8. The lowest BCUT2D eigenvalue weighted by atomic mass is 9.90. The summed E-state index contributed by atoms with van der Waals surface area (Å²) in [5, 5.41) is 0.773. The van der Waals surface area contributed by atoms with Crippen LogP contribution in [-0.2, 0) is 9.47 Å². The van der Waals surface area contributed by atoms with Gasteiger partial charge < -0.3 is 37.6 Å². The number of ether oxygens (including phenoxy) is 7. The van der Waals surface area contributed by atoms with E-state index in [9.17, 15) is 0 Å². The second-order valence-corrected chi connectivity index (χ2v) is 6.98. The zero-order valence-corrected chi connectivity index (χ0v) is 17.1. The van der Waals surface area contributed by atoms with Gasteiger partial charge in [0.1, 0.15) is 18.0 Å². The molecule has 0 bridgehead atoms. The van der Waals surface area contributed by atoms with Crippen LogP contribution in [0.25, 0.3) is 11.0 Å². The smallest absolute Gasteiger partial charge is 0.231 e. The Hall–Kier alpha value is -3.10. The van der Waals surface area contributed by atoms with Crippen LogP contribution < -0.4 is 23.7 Å². The second kappa shape index (κ2) is 7.30. The molecule has 30 heavy (non-hydrogen) atoms. The molecule has 8 heteroatoms. The van der Waals surface area contributed by atoms with Crippen molar-refractivity contribution >= 4 is 11.0 Å². The maximum atomic E-state index is 6.49. The van der Waals surface area contributed by atoms with Gasteiger partial charge in [0, 0.05) is 14.2 Å². The fraction of sp³-hybridized carbons (Fsp3) is 0.364. The number of furan rings is 1. The van der Waals surface area contributed by atoms with Gasteiger partial charge in [0.15, 0.2) is 28.9 Å². The van der Waals surface area contributed by atoms with Gasteiger partial charge in [-0.05, 0) is 23.8 Å². The molecular weight excluding hydrogens is 392 g/mol. The van der Waals surface area contributed by atoms with E-state index in [0.717, 1.165) is 16.5 Å². The lowest BCUT2D eigenvalue weighted by molar-refractivity contribution is -0.107. The summed E-state index contributed by atoms with van der Waals surface area (Å²) in [5.41, 5.74) is 2.12. The van der Waals surface area contributed by atoms with Crippen LogP contribution in [-0.4, -0.2) is 41.3 Å². The van der Waals surface area contributed by atoms with Crippen molar-refractivity contribution in [1.82, 2.24) is 0 Å². The van der Waals surface area contributed by atoms with E-state index in [1.165, 1.54) is 0 Å². The molecule has 3 atom stereocenters. The van der Waals surface area contributed by atoms with Gasteiger partial charge >= 0.3 is 0 Å². The molecule has 3 aromatic rings. The highest BCUT2D eigenvalue weighted by molar-refractivity contribution is 5.94. The molecule has 2 aliphatic heterocycles. The van der Waals surface area contributed by atoms with Crippen molar-refractivity contribution < 1.29 is 37.6 Å². The molecule has 0 aliphatic carbocycles. The van der Waals surface area contributed by atoms with E-state index < -0.39 is 18.3 Å². The van der Waals surface area contributed by atoms with E-state index in [4.69, 9.17) is 37.6 Å². The minimum atomic E-state index is -0.493. The maximum Gasteiger partial charge on any atom is 0.231 e. The summed E-state index contributed by atoms with van der Waals surface area (Å²) in [4.78, 5) is 0. The standard InChI is InChI=1S/C22H22O8/c1-23-17-12-7-8-27-18(12)22(26-4)20-15(17)19(24-2)21(25-3)16(30-20)11-5-6-13-14(9-11)29-10-28-13/h5-9,16,19,21H,10H2,1-4H3/t16-,19-,21-/m0/s1. The zero-order chi connectivity index (χ0) is 20.8. The van der Waals surface area contributed by atoms with Crippen LogP contribution in [0.5, 0.6) is 28.7 Å². The lowest BCUT2D eigenvalue weighted by Gasteiger charge is -2.39. The van der Waals surface area contributed by atoms with Gasteiger partial charge in [-0.15, -0.1) is 0 Å². The maximum absolute atomic E-state index is 6.49. The first-order valence-electron chi connectivity index (χ1n) is 9.48. The Labute approximate surface area is 173 Å². The molecular formula is C22H22O8. The summed E-state index contributed by atoms with van der Waals surface area (Å²) in [6.07, 6.45) is 0.169.